The van der Waals surface area contributed by atoms with Crippen LogP contribution >= 0.6 is 11.3 Å². The molecule has 0 spiro atoms. The van der Waals surface area contributed by atoms with Gasteiger partial charge in [-0.1, -0.05) is 55.3 Å². The second-order valence-electron chi connectivity index (χ2n) is 9.85. The molecule has 36 heavy (non-hydrogen) atoms. The van der Waals surface area contributed by atoms with Gasteiger partial charge in [-0.25, -0.2) is 4.98 Å². The molecule has 1 N–H and O–H groups in total. The number of likely N-dealkylation sites (tertiary alicyclic amines) is 1. The second kappa shape index (κ2) is 11.8. The number of carbonyl (C=O) groups excluding carboxylic acids is 2. The Labute approximate surface area is 217 Å². The Hall–Kier alpha value is -3.03. The van der Waals surface area contributed by atoms with Gasteiger partial charge in [-0.05, 0) is 62.0 Å². The summed E-state index contributed by atoms with van der Waals surface area (Å²) in [4.78, 5) is 35.3. The number of nitrogens with one attached hydrogen (secondary N) is 1. The first-order valence-corrected chi connectivity index (χ1v) is 13.9. The Morgan fingerprint density at radius 2 is 1.69 bits per heavy atom. The minimum absolute atomic E-state index is 0.0447. The van der Waals surface area contributed by atoms with Gasteiger partial charge < -0.3 is 10.2 Å². The summed E-state index contributed by atoms with van der Waals surface area (Å²) in [6.07, 6.45) is 9.12. The zero-order valence-electron chi connectivity index (χ0n) is 20.7. The molecule has 3 aromatic rings. The standard InChI is InChI=1S/C29H34N4O2S/c34-27-18-24(31-28(35)29-30-19-26(36-29)15-12-22-8-4-3-5-9-22)21-33(27)25-13-10-23(11-14-25)20-32-16-6-1-2-7-17-32/h3-5,8-11,13-14,19,24H,1-2,6-7,12,15-18,20-21H2,(H,31,35). The van der Waals surface area contributed by atoms with Crippen molar-refractivity contribution in [3.63, 3.8) is 0 Å². The number of thiazole rings is 1. The molecule has 1 atom stereocenters. The first-order chi connectivity index (χ1) is 17.6. The number of benzene rings is 2. The van der Waals surface area contributed by atoms with Crippen LogP contribution in [0, 0.1) is 0 Å². The van der Waals surface area contributed by atoms with Crippen LogP contribution in [0.1, 0.15) is 57.9 Å². The normalized spacial score (nSPS) is 18.8. The molecule has 0 aliphatic carbocycles. The number of aromatic nitrogens is 1. The lowest BCUT2D eigenvalue weighted by Crippen LogP contribution is -2.37. The highest BCUT2D eigenvalue weighted by atomic mass is 32.1. The van der Waals surface area contributed by atoms with E-state index in [0.717, 1.165) is 30.0 Å². The molecular formula is C29H34N4O2S. The number of anilines is 1. The van der Waals surface area contributed by atoms with Gasteiger partial charge in [0.25, 0.3) is 5.91 Å². The van der Waals surface area contributed by atoms with E-state index in [-0.39, 0.29) is 17.9 Å². The van der Waals surface area contributed by atoms with Crippen LogP contribution in [0.5, 0.6) is 0 Å². The molecule has 188 valence electrons. The molecule has 3 heterocycles. The van der Waals surface area contributed by atoms with Gasteiger partial charge in [-0.3, -0.25) is 14.5 Å². The molecule has 2 saturated heterocycles. The van der Waals surface area contributed by atoms with Crippen LogP contribution in [-0.2, 0) is 24.2 Å². The van der Waals surface area contributed by atoms with Gasteiger partial charge in [0, 0.05) is 36.3 Å². The Balaban J connectivity index is 1.12. The maximum atomic E-state index is 12.8. The van der Waals surface area contributed by atoms with Crippen LogP contribution in [0.25, 0.3) is 0 Å². The van der Waals surface area contributed by atoms with Crippen LogP contribution in [0.4, 0.5) is 5.69 Å². The van der Waals surface area contributed by atoms with E-state index in [1.807, 2.05) is 30.3 Å². The summed E-state index contributed by atoms with van der Waals surface area (Å²) in [7, 11) is 0. The van der Waals surface area contributed by atoms with Gasteiger partial charge in [0.2, 0.25) is 5.91 Å². The molecule has 2 aromatic carbocycles. The third-order valence-electron chi connectivity index (χ3n) is 7.06. The monoisotopic (exact) mass is 502 g/mol. The van der Waals surface area contributed by atoms with Gasteiger partial charge in [-0.15, -0.1) is 11.3 Å². The highest BCUT2D eigenvalue weighted by molar-refractivity contribution is 7.13. The van der Waals surface area contributed by atoms with Crippen molar-refractivity contribution in [2.75, 3.05) is 24.5 Å². The molecule has 0 radical (unpaired) electrons. The molecule has 2 fully saturated rings. The average Bonchev–Trinajstić information content (AvgIpc) is 3.43. The van der Waals surface area contributed by atoms with E-state index < -0.39 is 0 Å². The van der Waals surface area contributed by atoms with Gasteiger partial charge in [0.15, 0.2) is 5.01 Å². The number of amides is 2. The second-order valence-corrected chi connectivity index (χ2v) is 11.0. The van der Waals surface area contributed by atoms with Crippen molar-refractivity contribution in [3.05, 3.63) is 81.8 Å². The summed E-state index contributed by atoms with van der Waals surface area (Å²) in [5, 5.41) is 3.48. The van der Waals surface area contributed by atoms with Crippen molar-refractivity contribution >= 4 is 28.8 Å². The first-order valence-electron chi connectivity index (χ1n) is 13.1. The molecule has 2 aliphatic rings. The Kier molecular flexibility index (Phi) is 8.08. The van der Waals surface area contributed by atoms with Crippen LogP contribution in [0.15, 0.2) is 60.8 Å². The molecule has 2 amide bonds. The number of rotatable bonds is 8. The van der Waals surface area contributed by atoms with E-state index in [0.29, 0.717) is 18.0 Å². The van der Waals surface area contributed by atoms with Crippen molar-refractivity contribution in [3.8, 4) is 0 Å². The van der Waals surface area contributed by atoms with Crippen molar-refractivity contribution in [2.45, 2.75) is 57.5 Å². The first kappa shape index (κ1) is 24.7. The fourth-order valence-corrected chi connectivity index (χ4v) is 5.89. The minimum atomic E-state index is -0.210. The van der Waals surface area contributed by atoms with E-state index in [1.165, 1.54) is 61.2 Å². The minimum Gasteiger partial charge on any atom is -0.345 e. The third-order valence-corrected chi connectivity index (χ3v) is 8.12. The summed E-state index contributed by atoms with van der Waals surface area (Å²) < 4.78 is 0. The van der Waals surface area contributed by atoms with E-state index in [1.54, 1.807) is 11.1 Å². The van der Waals surface area contributed by atoms with Gasteiger partial charge >= 0.3 is 0 Å². The van der Waals surface area contributed by atoms with Crippen molar-refractivity contribution < 1.29 is 9.59 Å². The molecule has 7 heteroatoms. The van der Waals surface area contributed by atoms with E-state index in [4.69, 9.17) is 0 Å². The molecule has 0 bridgehead atoms. The summed E-state index contributed by atoms with van der Waals surface area (Å²) >= 11 is 1.43. The van der Waals surface area contributed by atoms with Crippen LogP contribution in [0.3, 0.4) is 0 Å². The van der Waals surface area contributed by atoms with E-state index >= 15 is 0 Å². The topological polar surface area (TPSA) is 65.5 Å². The van der Waals surface area contributed by atoms with Crippen molar-refractivity contribution in [1.29, 1.82) is 0 Å². The molecule has 2 aliphatic heterocycles. The molecular weight excluding hydrogens is 468 g/mol. The highest BCUT2D eigenvalue weighted by Gasteiger charge is 2.32. The van der Waals surface area contributed by atoms with Crippen molar-refractivity contribution in [2.24, 2.45) is 0 Å². The predicted molar refractivity (Wildman–Crippen MR) is 144 cm³/mol. The smallest absolute Gasteiger partial charge is 0.280 e. The third kappa shape index (κ3) is 6.39. The maximum absolute atomic E-state index is 12.8. The quantitative estimate of drug-likeness (QED) is 0.479. The fraction of sp³-hybridized carbons (Fsp3) is 0.414. The molecule has 6 nitrogen and oxygen atoms in total. The Bertz CT molecular complexity index is 1150. The van der Waals surface area contributed by atoms with E-state index in [2.05, 4.69) is 39.5 Å². The predicted octanol–water partition coefficient (Wildman–Crippen LogP) is 4.84. The summed E-state index contributed by atoms with van der Waals surface area (Å²) in [6.45, 7) is 3.79. The fourth-order valence-electron chi connectivity index (χ4n) is 5.08. The lowest BCUT2D eigenvalue weighted by atomic mass is 10.1. The molecule has 1 unspecified atom stereocenters. The average molecular weight is 503 g/mol. The summed E-state index contributed by atoms with van der Waals surface area (Å²) in [5.41, 5.74) is 3.45. The Morgan fingerprint density at radius 3 is 2.44 bits per heavy atom. The highest BCUT2D eigenvalue weighted by Crippen LogP contribution is 2.24. The van der Waals surface area contributed by atoms with Gasteiger partial charge in [0.1, 0.15) is 0 Å². The van der Waals surface area contributed by atoms with Crippen LogP contribution < -0.4 is 10.2 Å². The lowest BCUT2D eigenvalue weighted by molar-refractivity contribution is -0.117. The number of carbonyl (C=O) groups is 2. The Morgan fingerprint density at radius 1 is 0.944 bits per heavy atom. The van der Waals surface area contributed by atoms with Gasteiger partial charge in [0.05, 0.1) is 6.04 Å². The molecule has 1 aromatic heterocycles. The number of hydrogen-bond donors (Lipinski definition) is 1. The molecule has 0 saturated carbocycles. The molecule has 5 rings (SSSR count). The SMILES string of the molecule is O=C(NC1CC(=O)N(c2ccc(CN3CCCCCC3)cc2)C1)c1ncc(CCc2ccccc2)s1. The van der Waals surface area contributed by atoms with Crippen LogP contribution in [0.2, 0.25) is 0 Å². The van der Waals surface area contributed by atoms with Gasteiger partial charge in [-0.2, -0.15) is 0 Å². The maximum Gasteiger partial charge on any atom is 0.280 e. The number of nitrogens with zero attached hydrogens (tertiary/aromatic N) is 3. The summed E-state index contributed by atoms with van der Waals surface area (Å²) in [6, 6.07) is 18.4. The summed E-state index contributed by atoms with van der Waals surface area (Å²) in [5.74, 6) is -0.151. The number of hydrogen-bond acceptors (Lipinski definition) is 5. The van der Waals surface area contributed by atoms with E-state index in [9.17, 15) is 9.59 Å². The number of aryl methyl sites for hydroxylation is 2. The van der Waals surface area contributed by atoms with Crippen molar-refractivity contribution in [1.82, 2.24) is 15.2 Å². The largest absolute Gasteiger partial charge is 0.345 e. The zero-order valence-corrected chi connectivity index (χ0v) is 21.5. The lowest BCUT2D eigenvalue weighted by Gasteiger charge is -2.21. The van der Waals surface area contributed by atoms with Crippen LogP contribution in [-0.4, -0.2) is 47.4 Å². The zero-order chi connectivity index (χ0) is 24.7.